The summed E-state index contributed by atoms with van der Waals surface area (Å²) in [6.45, 7) is 6.25. The Balaban J connectivity index is 2.97. The Morgan fingerprint density at radius 1 is 1.50 bits per heavy atom. The number of hydrogen-bond acceptors (Lipinski definition) is 1. The molecule has 0 aliphatic rings. The lowest BCUT2D eigenvalue weighted by molar-refractivity contribution is 0.340. The van der Waals surface area contributed by atoms with Gasteiger partial charge in [0.05, 0.1) is 6.61 Å². The van der Waals surface area contributed by atoms with Gasteiger partial charge in [-0.15, -0.1) is 0 Å². The quantitative estimate of drug-likeness (QED) is 0.769. The molecule has 2 heteroatoms. The zero-order valence-electron chi connectivity index (χ0n) is 6.93. The van der Waals surface area contributed by atoms with E-state index in [9.17, 15) is 0 Å². The number of ether oxygens (including phenoxy) is 1. The molecule has 63 valence electrons. The Hall–Kier alpha value is -0.510. The lowest BCUT2D eigenvalue weighted by Crippen LogP contribution is -1.92. The van der Waals surface area contributed by atoms with Crippen molar-refractivity contribution in [3.63, 3.8) is 0 Å². The monoisotopic (exact) mass is 273 g/mol. The minimum absolute atomic E-state index is 0.691. The molecule has 0 amide bonds. The molecule has 0 atom stereocenters. The second-order valence-electron chi connectivity index (χ2n) is 2.29. The first-order chi connectivity index (χ1) is 5.76. The molecular formula is C10H10IO. The van der Waals surface area contributed by atoms with Crippen LogP contribution in [0, 0.1) is 9.65 Å². The molecule has 0 aliphatic carbocycles. The molecule has 0 saturated carbocycles. The molecule has 0 bridgehead atoms. The maximum atomic E-state index is 5.36. The first kappa shape index (κ1) is 9.58. The van der Waals surface area contributed by atoms with E-state index in [0.29, 0.717) is 6.61 Å². The van der Waals surface area contributed by atoms with E-state index in [1.54, 1.807) is 0 Å². The van der Waals surface area contributed by atoms with E-state index in [-0.39, 0.29) is 0 Å². The van der Waals surface area contributed by atoms with Gasteiger partial charge in [-0.2, -0.15) is 0 Å². The smallest absolute Gasteiger partial charge is 0.120 e. The fourth-order valence-electron chi connectivity index (χ4n) is 0.915. The highest BCUT2D eigenvalue weighted by atomic mass is 127. The van der Waals surface area contributed by atoms with Crippen LogP contribution in [0.2, 0.25) is 0 Å². The van der Waals surface area contributed by atoms with E-state index in [1.807, 2.05) is 25.1 Å². The van der Waals surface area contributed by atoms with Gasteiger partial charge in [0.15, 0.2) is 0 Å². The zero-order valence-corrected chi connectivity index (χ0v) is 9.09. The highest BCUT2D eigenvalue weighted by Crippen LogP contribution is 2.18. The molecule has 0 aromatic heterocycles. The summed E-state index contributed by atoms with van der Waals surface area (Å²) in [7, 11) is 0. The normalized spacial score (nSPS) is 9.50. The van der Waals surface area contributed by atoms with Gasteiger partial charge in [-0.05, 0) is 59.4 Å². The number of benzene rings is 1. The summed E-state index contributed by atoms with van der Waals surface area (Å²) < 4.78 is 6.50. The number of rotatable bonds is 3. The average Bonchev–Trinajstić information content (AvgIpc) is 2.04. The molecule has 1 rings (SSSR count). The van der Waals surface area contributed by atoms with E-state index in [2.05, 4.69) is 35.2 Å². The van der Waals surface area contributed by atoms with Gasteiger partial charge in [-0.25, -0.2) is 0 Å². The highest BCUT2D eigenvalue weighted by Gasteiger charge is 1.96. The van der Waals surface area contributed by atoms with E-state index < -0.39 is 0 Å². The third kappa shape index (κ3) is 2.52. The van der Waals surface area contributed by atoms with Crippen LogP contribution in [-0.2, 0) is 0 Å². The molecule has 0 N–H and O–H groups in total. The van der Waals surface area contributed by atoms with Gasteiger partial charge in [-0.3, -0.25) is 0 Å². The van der Waals surface area contributed by atoms with Crippen LogP contribution in [0.5, 0.6) is 5.75 Å². The Morgan fingerprint density at radius 3 is 2.83 bits per heavy atom. The molecule has 0 aliphatic heterocycles. The van der Waals surface area contributed by atoms with E-state index >= 15 is 0 Å². The van der Waals surface area contributed by atoms with Gasteiger partial charge >= 0.3 is 0 Å². The van der Waals surface area contributed by atoms with E-state index in [1.165, 1.54) is 0 Å². The maximum Gasteiger partial charge on any atom is 0.120 e. The molecule has 1 nitrogen and oxygen atoms in total. The second-order valence-corrected chi connectivity index (χ2v) is 3.53. The van der Waals surface area contributed by atoms with Crippen LogP contribution >= 0.6 is 22.6 Å². The van der Waals surface area contributed by atoms with Crippen LogP contribution in [0.15, 0.2) is 24.8 Å². The van der Waals surface area contributed by atoms with Gasteiger partial charge in [-0.1, -0.05) is 6.58 Å². The van der Waals surface area contributed by atoms with Crippen molar-refractivity contribution in [2.45, 2.75) is 6.92 Å². The number of hydrogen-bond donors (Lipinski definition) is 0. The van der Waals surface area contributed by atoms with Crippen molar-refractivity contribution < 1.29 is 4.74 Å². The molecule has 0 spiro atoms. The molecule has 12 heavy (non-hydrogen) atoms. The van der Waals surface area contributed by atoms with Crippen LogP contribution in [0.25, 0.3) is 0 Å². The van der Waals surface area contributed by atoms with Crippen LogP contribution in [0.1, 0.15) is 12.5 Å². The summed E-state index contributed by atoms with van der Waals surface area (Å²) in [5.74, 6) is 0.885. The minimum atomic E-state index is 0.691. The Labute approximate surface area is 86.6 Å². The van der Waals surface area contributed by atoms with Crippen molar-refractivity contribution in [2.75, 3.05) is 6.61 Å². The van der Waals surface area contributed by atoms with E-state index in [0.717, 1.165) is 14.9 Å². The Kier molecular flexibility index (Phi) is 3.59. The Morgan fingerprint density at radius 2 is 2.25 bits per heavy atom. The molecule has 1 radical (unpaired) electrons. The first-order valence-corrected chi connectivity index (χ1v) is 4.80. The third-order valence-electron chi connectivity index (χ3n) is 1.39. The van der Waals surface area contributed by atoms with Crippen molar-refractivity contribution in [3.05, 3.63) is 40.0 Å². The molecule has 1 aromatic rings. The topological polar surface area (TPSA) is 9.23 Å². The van der Waals surface area contributed by atoms with Gasteiger partial charge < -0.3 is 4.74 Å². The molecule has 0 heterocycles. The van der Waals surface area contributed by atoms with E-state index in [4.69, 9.17) is 4.74 Å². The van der Waals surface area contributed by atoms with Crippen molar-refractivity contribution >= 4 is 22.6 Å². The fraction of sp³-hybridized carbons (Fsp3) is 0.200. The second kappa shape index (κ2) is 4.50. The highest BCUT2D eigenvalue weighted by molar-refractivity contribution is 14.1. The first-order valence-electron chi connectivity index (χ1n) is 3.72. The van der Waals surface area contributed by atoms with Crippen LogP contribution < -0.4 is 4.74 Å². The molecule has 1 aromatic carbocycles. The lowest BCUT2D eigenvalue weighted by Gasteiger charge is -2.04. The summed E-state index contributed by atoms with van der Waals surface area (Å²) >= 11 is 2.25. The molecular weight excluding hydrogens is 263 g/mol. The van der Waals surface area contributed by atoms with Crippen molar-refractivity contribution in [3.8, 4) is 5.75 Å². The largest absolute Gasteiger partial charge is 0.494 e. The summed E-state index contributed by atoms with van der Waals surface area (Å²) in [6, 6.07) is 5.93. The predicted molar refractivity (Wildman–Crippen MR) is 58.3 cm³/mol. The van der Waals surface area contributed by atoms with Crippen molar-refractivity contribution in [1.29, 1.82) is 0 Å². The van der Waals surface area contributed by atoms with Crippen LogP contribution in [0.3, 0.4) is 0 Å². The summed E-state index contributed by atoms with van der Waals surface area (Å²) in [5, 5.41) is 0. The van der Waals surface area contributed by atoms with Crippen LogP contribution in [-0.4, -0.2) is 6.61 Å². The van der Waals surface area contributed by atoms with Crippen LogP contribution in [0.4, 0.5) is 0 Å². The zero-order chi connectivity index (χ0) is 8.97. The number of halogens is 1. The standard InChI is InChI=1S/C10H10IO/c1-3-8-5-9(11)7-10(6-8)12-4-2/h5-7H,1,4H2,2H3. The summed E-state index contributed by atoms with van der Waals surface area (Å²) in [5.41, 5.74) is 0.977. The summed E-state index contributed by atoms with van der Waals surface area (Å²) in [6.07, 6.45) is 2.83. The fourth-order valence-corrected chi connectivity index (χ4v) is 1.56. The SMILES string of the molecule is C=[C]c1cc(I)cc(OCC)c1. The van der Waals surface area contributed by atoms with Gasteiger partial charge in [0.25, 0.3) is 0 Å². The van der Waals surface area contributed by atoms with Crippen molar-refractivity contribution in [2.24, 2.45) is 0 Å². The third-order valence-corrected chi connectivity index (χ3v) is 2.01. The Bertz CT molecular complexity index is 281. The molecule has 0 saturated heterocycles. The van der Waals surface area contributed by atoms with Crippen molar-refractivity contribution in [1.82, 2.24) is 0 Å². The predicted octanol–water partition coefficient (Wildman–Crippen LogP) is 3.03. The van der Waals surface area contributed by atoms with Gasteiger partial charge in [0.2, 0.25) is 0 Å². The lowest BCUT2D eigenvalue weighted by atomic mass is 10.2. The van der Waals surface area contributed by atoms with Gasteiger partial charge in [0.1, 0.15) is 5.75 Å². The maximum absolute atomic E-state index is 5.36. The average molecular weight is 273 g/mol. The molecule has 0 unspecified atom stereocenters. The molecule has 0 fully saturated rings. The minimum Gasteiger partial charge on any atom is -0.494 e. The summed E-state index contributed by atoms with van der Waals surface area (Å²) in [4.78, 5) is 0. The van der Waals surface area contributed by atoms with Gasteiger partial charge in [0, 0.05) is 3.57 Å².